The van der Waals surface area contributed by atoms with Gasteiger partial charge in [-0.15, -0.1) is 0 Å². The summed E-state index contributed by atoms with van der Waals surface area (Å²) in [5, 5.41) is 2.84. The molecule has 1 N–H and O–H groups in total. The smallest absolute Gasteiger partial charge is 0.264 e. The summed E-state index contributed by atoms with van der Waals surface area (Å²) >= 11 is 1.74. The monoisotopic (exact) mass is 512 g/mol. The quantitative estimate of drug-likeness (QED) is 0.356. The van der Waals surface area contributed by atoms with Crippen LogP contribution in [-0.2, 0) is 14.8 Å². The molecule has 0 unspecified atom stereocenters. The van der Waals surface area contributed by atoms with Crippen LogP contribution >= 0.6 is 11.8 Å². The highest BCUT2D eigenvalue weighted by atomic mass is 32.2. The Kier molecular flexibility index (Phi) is 8.86. The highest BCUT2D eigenvalue weighted by molar-refractivity contribution is 8.00. The normalized spacial score (nSPS) is 11.7. The number of nitrogens with zero attached hydrogens (tertiary/aromatic N) is 1. The Labute approximate surface area is 212 Å². The number of aryl methyl sites for hydroxylation is 1. The molecule has 6 nitrogen and oxygen atoms in total. The largest absolute Gasteiger partial charge is 0.457 e. The van der Waals surface area contributed by atoms with Gasteiger partial charge in [-0.05, 0) is 55.5 Å². The van der Waals surface area contributed by atoms with Crippen LogP contribution in [-0.4, -0.2) is 37.9 Å². The van der Waals surface area contributed by atoms with E-state index in [1.54, 1.807) is 60.3 Å². The summed E-state index contributed by atoms with van der Waals surface area (Å²) in [6, 6.07) is 22.6. The van der Waals surface area contributed by atoms with Gasteiger partial charge in [-0.25, -0.2) is 8.42 Å². The topological polar surface area (TPSA) is 75.7 Å². The number of amides is 1. The maximum Gasteiger partial charge on any atom is 0.264 e. The number of para-hydroxylation sites is 1. The fraction of sp³-hybridized carbons (Fsp3) is 0.296. The zero-order chi connectivity index (χ0) is 25.5. The van der Waals surface area contributed by atoms with Gasteiger partial charge in [0, 0.05) is 17.0 Å². The molecule has 0 fully saturated rings. The molecule has 0 atom stereocenters. The summed E-state index contributed by atoms with van der Waals surface area (Å²) in [4.78, 5) is 12.9. The Morgan fingerprint density at radius 3 is 2.11 bits per heavy atom. The maximum absolute atomic E-state index is 13.5. The van der Waals surface area contributed by atoms with Crippen molar-refractivity contribution in [1.82, 2.24) is 5.32 Å². The molecule has 0 aromatic heterocycles. The predicted molar refractivity (Wildman–Crippen MR) is 144 cm³/mol. The number of hydrogen-bond donors (Lipinski definition) is 1. The molecule has 0 saturated carbocycles. The Balaban J connectivity index is 1.80. The Morgan fingerprint density at radius 2 is 1.51 bits per heavy atom. The second-order valence-corrected chi connectivity index (χ2v) is 12.8. The van der Waals surface area contributed by atoms with Crippen LogP contribution in [0.4, 0.5) is 5.69 Å². The van der Waals surface area contributed by atoms with Crippen molar-refractivity contribution in [2.45, 2.75) is 37.3 Å². The standard InChI is InChI=1S/C27H32N2O4S2/c1-21-10-16-25(17-11-21)35(31,32)29(20-26(30)28-18-19-34-27(2,3)4)22-12-14-24(15-13-22)33-23-8-6-5-7-9-23/h5-17H,18-20H2,1-4H3,(H,28,30). The molecule has 0 aliphatic carbocycles. The number of sulfonamides is 1. The summed E-state index contributed by atoms with van der Waals surface area (Å²) in [7, 11) is -3.97. The minimum Gasteiger partial charge on any atom is -0.457 e. The van der Waals surface area contributed by atoms with Gasteiger partial charge in [0.05, 0.1) is 10.6 Å². The van der Waals surface area contributed by atoms with Gasteiger partial charge in [-0.2, -0.15) is 11.8 Å². The molecule has 0 heterocycles. The van der Waals surface area contributed by atoms with Gasteiger partial charge in [0.15, 0.2) is 0 Å². The molecular weight excluding hydrogens is 480 g/mol. The Hall–Kier alpha value is -2.97. The van der Waals surface area contributed by atoms with Crippen LogP contribution in [0.3, 0.4) is 0 Å². The summed E-state index contributed by atoms with van der Waals surface area (Å²) < 4.78 is 34.1. The summed E-state index contributed by atoms with van der Waals surface area (Å²) in [6.45, 7) is 8.36. The van der Waals surface area contributed by atoms with Crippen LogP contribution in [0.5, 0.6) is 11.5 Å². The Morgan fingerprint density at radius 1 is 0.914 bits per heavy atom. The molecule has 0 radical (unpaired) electrons. The maximum atomic E-state index is 13.5. The third-order valence-corrected chi connectivity index (χ3v) is 8.02. The zero-order valence-corrected chi connectivity index (χ0v) is 22.2. The number of carbonyl (C=O) groups excluding carboxylic acids is 1. The SMILES string of the molecule is Cc1ccc(S(=O)(=O)N(CC(=O)NCCSC(C)(C)C)c2ccc(Oc3ccccc3)cc2)cc1. The fourth-order valence-corrected chi connectivity index (χ4v) is 5.43. The first-order chi connectivity index (χ1) is 16.5. The van der Waals surface area contributed by atoms with E-state index in [0.29, 0.717) is 23.7 Å². The second-order valence-electron chi connectivity index (χ2n) is 9.04. The van der Waals surface area contributed by atoms with Crippen molar-refractivity contribution in [2.75, 3.05) is 23.1 Å². The van der Waals surface area contributed by atoms with Crippen molar-refractivity contribution >= 4 is 33.4 Å². The third-order valence-electron chi connectivity index (χ3n) is 4.96. The summed E-state index contributed by atoms with van der Waals surface area (Å²) in [5.74, 6) is 1.62. The van der Waals surface area contributed by atoms with Crippen LogP contribution < -0.4 is 14.4 Å². The first-order valence-corrected chi connectivity index (χ1v) is 13.8. The van der Waals surface area contributed by atoms with E-state index in [1.807, 2.05) is 37.3 Å². The lowest BCUT2D eigenvalue weighted by atomic mass is 10.2. The molecule has 1 amide bonds. The predicted octanol–water partition coefficient (Wildman–Crippen LogP) is 5.63. The number of hydrogen-bond acceptors (Lipinski definition) is 5. The number of benzene rings is 3. The van der Waals surface area contributed by atoms with E-state index in [9.17, 15) is 13.2 Å². The van der Waals surface area contributed by atoms with Crippen molar-refractivity contribution in [3.8, 4) is 11.5 Å². The molecule has 0 aliphatic rings. The molecule has 8 heteroatoms. The van der Waals surface area contributed by atoms with E-state index in [-0.39, 0.29) is 22.1 Å². The highest BCUT2D eigenvalue weighted by Gasteiger charge is 2.27. The lowest BCUT2D eigenvalue weighted by Crippen LogP contribution is -2.41. The van der Waals surface area contributed by atoms with Crippen LogP contribution in [0.2, 0.25) is 0 Å². The van der Waals surface area contributed by atoms with Crippen LogP contribution in [0.25, 0.3) is 0 Å². The first kappa shape index (κ1) is 26.6. The third kappa shape index (κ3) is 8.04. The van der Waals surface area contributed by atoms with E-state index in [2.05, 4.69) is 26.1 Å². The van der Waals surface area contributed by atoms with Crippen LogP contribution in [0.1, 0.15) is 26.3 Å². The van der Waals surface area contributed by atoms with Crippen LogP contribution in [0, 0.1) is 6.92 Å². The molecule has 3 aromatic carbocycles. The van der Waals surface area contributed by atoms with E-state index >= 15 is 0 Å². The summed E-state index contributed by atoms with van der Waals surface area (Å²) in [5.41, 5.74) is 1.33. The van der Waals surface area contributed by atoms with Crippen molar-refractivity contribution < 1.29 is 17.9 Å². The lowest BCUT2D eigenvalue weighted by molar-refractivity contribution is -0.119. The van der Waals surface area contributed by atoms with Gasteiger partial charge in [0.25, 0.3) is 10.0 Å². The van der Waals surface area contributed by atoms with E-state index in [4.69, 9.17) is 4.74 Å². The van der Waals surface area contributed by atoms with E-state index < -0.39 is 10.0 Å². The summed E-state index contributed by atoms with van der Waals surface area (Å²) in [6.07, 6.45) is 0. The van der Waals surface area contributed by atoms with Crippen molar-refractivity contribution in [1.29, 1.82) is 0 Å². The lowest BCUT2D eigenvalue weighted by Gasteiger charge is -2.24. The van der Waals surface area contributed by atoms with Gasteiger partial charge < -0.3 is 10.1 Å². The van der Waals surface area contributed by atoms with E-state index in [1.165, 1.54) is 0 Å². The zero-order valence-electron chi connectivity index (χ0n) is 20.5. The van der Waals surface area contributed by atoms with Gasteiger partial charge >= 0.3 is 0 Å². The minimum atomic E-state index is -3.97. The number of anilines is 1. The number of thioether (sulfide) groups is 1. The first-order valence-electron chi connectivity index (χ1n) is 11.4. The second kappa shape index (κ2) is 11.6. The molecule has 0 saturated heterocycles. The number of ether oxygens (including phenoxy) is 1. The van der Waals surface area contributed by atoms with Gasteiger partial charge in [0.1, 0.15) is 18.0 Å². The minimum absolute atomic E-state index is 0.0924. The molecule has 3 aromatic rings. The van der Waals surface area contributed by atoms with E-state index in [0.717, 1.165) is 15.6 Å². The molecule has 0 bridgehead atoms. The van der Waals surface area contributed by atoms with Crippen molar-refractivity contribution in [3.63, 3.8) is 0 Å². The molecule has 0 spiro atoms. The molecular formula is C27H32N2O4S2. The number of rotatable bonds is 10. The molecule has 35 heavy (non-hydrogen) atoms. The Bertz CT molecular complexity index is 1200. The van der Waals surface area contributed by atoms with Crippen molar-refractivity contribution in [3.05, 3.63) is 84.4 Å². The van der Waals surface area contributed by atoms with Gasteiger partial charge in [-0.1, -0.05) is 56.7 Å². The molecule has 0 aliphatic heterocycles. The average molecular weight is 513 g/mol. The molecule has 3 rings (SSSR count). The van der Waals surface area contributed by atoms with Crippen LogP contribution in [0.15, 0.2) is 83.8 Å². The number of nitrogens with one attached hydrogen (secondary N) is 1. The van der Waals surface area contributed by atoms with Gasteiger partial charge in [0.2, 0.25) is 5.91 Å². The van der Waals surface area contributed by atoms with Gasteiger partial charge in [-0.3, -0.25) is 9.10 Å². The average Bonchev–Trinajstić information content (AvgIpc) is 2.81. The van der Waals surface area contributed by atoms with Crippen molar-refractivity contribution in [2.24, 2.45) is 0 Å². The fourth-order valence-electron chi connectivity index (χ4n) is 3.19. The number of carbonyl (C=O) groups is 1. The highest BCUT2D eigenvalue weighted by Crippen LogP contribution is 2.28. The molecule has 186 valence electrons.